The van der Waals surface area contributed by atoms with Gasteiger partial charge in [0.1, 0.15) is 0 Å². The van der Waals surface area contributed by atoms with E-state index in [0.717, 1.165) is 30.4 Å². The van der Waals surface area contributed by atoms with Gasteiger partial charge in [-0.2, -0.15) is 0 Å². The third-order valence-electron chi connectivity index (χ3n) is 5.52. The topological polar surface area (TPSA) is 26.0 Å². The van der Waals surface area contributed by atoms with Gasteiger partial charge in [0.15, 0.2) is 0 Å². The first kappa shape index (κ1) is 31.4. The van der Waals surface area contributed by atoms with Crippen molar-refractivity contribution in [3.63, 3.8) is 0 Å². The van der Waals surface area contributed by atoms with Crippen molar-refractivity contribution in [2.75, 3.05) is 5.73 Å². The van der Waals surface area contributed by atoms with Crippen molar-refractivity contribution in [2.24, 2.45) is 29.6 Å². The van der Waals surface area contributed by atoms with E-state index in [1.165, 1.54) is 29.6 Å². The van der Waals surface area contributed by atoms with Crippen molar-refractivity contribution in [1.29, 1.82) is 0 Å². The molecule has 1 unspecified atom stereocenters. The van der Waals surface area contributed by atoms with Crippen LogP contribution in [0.25, 0.3) is 0 Å². The fourth-order valence-corrected chi connectivity index (χ4v) is 3.46. The van der Waals surface area contributed by atoms with Gasteiger partial charge in [0.05, 0.1) is 0 Å². The van der Waals surface area contributed by atoms with Crippen LogP contribution >= 0.6 is 0 Å². The van der Waals surface area contributed by atoms with Crippen molar-refractivity contribution in [3.8, 4) is 0 Å². The molecule has 0 bridgehead atoms. The molecule has 0 spiro atoms. The van der Waals surface area contributed by atoms with E-state index >= 15 is 0 Å². The molecule has 0 aromatic heterocycles. The minimum absolute atomic E-state index is 0.545. The zero-order valence-corrected chi connectivity index (χ0v) is 22.3. The van der Waals surface area contributed by atoms with Gasteiger partial charge in [-0.05, 0) is 79.9 Å². The van der Waals surface area contributed by atoms with E-state index in [2.05, 4.69) is 86.4 Å². The number of hydrogen-bond donors (Lipinski definition) is 1. The maximum atomic E-state index is 5.60. The smallest absolute Gasteiger partial charge is 0.0314 e. The van der Waals surface area contributed by atoms with E-state index in [1.54, 1.807) is 0 Å². The Kier molecular flexibility index (Phi) is 18.1. The Morgan fingerprint density at radius 2 is 1.35 bits per heavy atom. The summed E-state index contributed by atoms with van der Waals surface area (Å²) in [5, 5.41) is 0. The van der Waals surface area contributed by atoms with Crippen LogP contribution in [0.3, 0.4) is 0 Å². The molecule has 1 rings (SSSR count). The summed E-state index contributed by atoms with van der Waals surface area (Å²) in [5.41, 5.74) is 10.4. The average molecular weight is 428 g/mol. The number of benzene rings is 1. The monoisotopic (exact) mass is 427 g/mol. The van der Waals surface area contributed by atoms with Crippen molar-refractivity contribution >= 4 is 5.69 Å². The molecule has 0 aliphatic rings. The molecule has 0 heterocycles. The summed E-state index contributed by atoms with van der Waals surface area (Å²) in [6.45, 7) is 31.8. The fourth-order valence-electron chi connectivity index (χ4n) is 3.46. The number of nitrogens with two attached hydrogens (primary N) is 1. The number of rotatable bonds is 11. The summed E-state index contributed by atoms with van der Waals surface area (Å²) in [7, 11) is 0. The second kappa shape index (κ2) is 17.9. The van der Waals surface area contributed by atoms with Crippen molar-refractivity contribution < 1.29 is 0 Å². The molecule has 0 saturated heterocycles. The lowest BCUT2D eigenvalue weighted by Gasteiger charge is -2.21. The quantitative estimate of drug-likeness (QED) is 0.276. The molecule has 1 aromatic rings. The van der Waals surface area contributed by atoms with Gasteiger partial charge in [0.25, 0.3) is 0 Å². The highest BCUT2D eigenvalue weighted by molar-refractivity contribution is 5.39. The Labute approximate surface area is 195 Å². The standard InChI is InChI=1S/C16H30.C12H17N.C2H6/c1-8-16(10-13(4)5)11-15(7)14(6)9-12(2)3;1-9(2)10(3)8-11-4-6-12(13)7-5-11;1-2/h8,12-14,16H,1,7,9-11H2,2-6H3;4-7,10H,1,8,13H2,2-3H3;1-2H3/t14?,16-;10-;/m10./s1. The molecule has 1 heteroatoms. The molecule has 0 saturated carbocycles. The molecule has 1 aromatic carbocycles. The highest BCUT2D eigenvalue weighted by Gasteiger charge is 2.14. The number of allylic oxidation sites excluding steroid dienone is 3. The predicted octanol–water partition coefficient (Wildman–Crippen LogP) is 9.51. The van der Waals surface area contributed by atoms with Crippen molar-refractivity contribution in [1.82, 2.24) is 0 Å². The lowest BCUT2D eigenvalue weighted by atomic mass is 9.84. The van der Waals surface area contributed by atoms with Crippen LogP contribution in [0.1, 0.15) is 87.1 Å². The Morgan fingerprint density at radius 1 is 0.871 bits per heavy atom. The molecule has 2 N–H and O–H groups in total. The van der Waals surface area contributed by atoms with Gasteiger partial charge in [0.2, 0.25) is 0 Å². The first-order chi connectivity index (χ1) is 14.5. The fraction of sp³-hybridized carbons (Fsp3) is 0.600. The van der Waals surface area contributed by atoms with Gasteiger partial charge in [0, 0.05) is 5.69 Å². The number of hydrogen-bond acceptors (Lipinski definition) is 1. The van der Waals surface area contributed by atoms with Gasteiger partial charge >= 0.3 is 0 Å². The van der Waals surface area contributed by atoms with Gasteiger partial charge in [-0.15, -0.1) is 6.58 Å². The lowest BCUT2D eigenvalue weighted by molar-refractivity contribution is 0.430. The van der Waals surface area contributed by atoms with Crippen molar-refractivity contribution in [3.05, 3.63) is 66.8 Å². The Morgan fingerprint density at radius 3 is 1.74 bits per heavy atom. The summed E-state index contributed by atoms with van der Waals surface area (Å²) in [5.74, 6) is 3.32. The third-order valence-corrected chi connectivity index (χ3v) is 5.52. The number of nitrogen functional groups attached to an aromatic ring is 1. The molecule has 3 atom stereocenters. The van der Waals surface area contributed by atoms with Crippen LogP contribution in [-0.2, 0) is 6.42 Å². The molecule has 31 heavy (non-hydrogen) atoms. The molecular weight excluding hydrogens is 374 g/mol. The zero-order valence-electron chi connectivity index (χ0n) is 22.3. The largest absolute Gasteiger partial charge is 0.399 e. The van der Waals surface area contributed by atoms with Crippen LogP contribution < -0.4 is 5.73 Å². The second-order valence-electron chi connectivity index (χ2n) is 9.71. The Bertz CT molecular complexity index is 606. The first-order valence-electron chi connectivity index (χ1n) is 12.3. The molecule has 0 aliphatic heterocycles. The van der Waals surface area contributed by atoms with Crippen LogP contribution in [0, 0.1) is 29.6 Å². The maximum absolute atomic E-state index is 5.60. The van der Waals surface area contributed by atoms with Crippen LogP contribution in [0.2, 0.25) is 0 Å². The highest BCUT2D eigenvalue weighted by Crippen LogP contribution is 2.27. The zero-order chi connectivity index (χ0) is 24.6. The van der Waals surface area contributed by atoms with E-state index < -0.39 is 0 Å². The summed E-state index contributed by atoms with van der Waals surface area (Å²) >= 11 is 0. The minimum atomic E-state index is 0.545. The van der Waals surface area contributed by atoms with Gasteiger partial charge in [-0.1, -0.05) is 97.9 Å². The molecule has 0 amide bonds. The van der Waals surface area contributed by atoms with Gasteiger partial charge in [-0.25, -0.2) is 0 Å². The second-order valence-corrected chi connectivity index (χ2v) is 9.71. The van der Waals surface area contributed by atoms with E-state index in [1.807, 2.05) is 26.0 Å². The first-order valence-corrected chi connectivity index (χ1v) is 12.3. The van der Waals surface area contributed by atoms with Crippen molar-refractivity contribution in [2.45, 2.75) is 88.0 Å². The molecular formula is C30H53N. The average Bonchev–Trinajstić information content (AvgIpc) is 2.70. The maximum Gasteiger partial charge on any atom is 0.0314 e. The Hall–Kier alpha value is -1.76. The highest BCUT2D eigenvalue weighted by atomic mass is 14.5. The van der Waals surface area contributed by atoms with Crippen LogP contribution in [-0.4, -0.2) is 0 Å². The van der Waals surface area contributed by atoms with Crippen LogP contribution in [0.4, 0.5) is 5.69 Å². The SMILES string of the molecule is C=C(C)[C@@H](C)Cc1ccc(N)cc1.C=C[C@@H](CC(=C)C(C)CC(C)C)CC(C)C.CC. The summed E-state index contributed by atoms with van der Waals surface area (Å²) in [6, 6.07) is 8.05. The molecule has 0 fully saturated rings. The van der Waals surface area contributed by atoms with Gasteiger partial charge in [-0.3, -0.25) is 0 Å². The third kappa shape index (κ3) is 16.6. The summed E-state index contributed by atoms with van der Waals surface area (Å²) < 4.78 is 0. The van der Waals surface area contributed by atoms with E-state index in [0.29, 0.717) is 17.8 Å². The Balaban J connectivity index is 0. The normalized spacial score (nSPS) is 13.3. The van der Waals surface area contributed by atoms with Crippen LogP contribution in [0.5, 0.6) is 0 Å². The molecule has 1 nitrogen and oxygen atoms in total. The van der Waals surface area contributed by atoms with E-state index in [4.69, 9.17) is 5.73 Å². The van der Waals surface area contributed by atoms with Crippen LogP contribution in [0.15, 0.2) is 61.2 Å². The van der Waals surface area contributed by atoms with Gasteiger partial charge < -0.3 is 5.73 Å². The summed E-state index contributed by atoms with van der Waals surface area (Å²) in [6.07, 6.45) is 6.76. The number of anilines is 1. The lowest BCUT2D eigenvalue weighted by Crippen LogP contribution is -2.08. The predicted molar refractivity (Wildman–Crippen MR) is 145 cm³/mol. The minimum Gasteiger partial charge on any atom is -0.399 e. The molecule has 0 radical (unpaired) electrons. The van der Waals surface area contributed by atoms with E-state index in [-0.39, 0.29) is 0 Å². The molecule has 178 valence electrons. The van der Waals surface area contributed by atoms with E-state index in [9.17, 15) is 0 Å². The molecule has 0 aliphatic carbocycles. The summed E-state index contributed by atoms with van der Waals surface area (Å²) in [4.78, 5) is 0.